The van der Waals surface area contributed by atoms with Gasteiger partial charge in [0.05, 0.1) is 16.4 Å². The van der Waals surface area contributed by atoms with Crippen molar-refractivity contribution in [3.8, 4) is 6.07 Å². The van der Waals surface area contributed by atoms with Gasteiger partial charge < -0.3 is 5.11 Å². The zero-order valence-electron chi connectivity index (χ0n) is 10.7. The Hall–Kier alpha value is -2.43. The molecule has 1 rings (SSSR count). The van der Waals surface area contributed by atoms with E-state index in [1.807, 2.05) is 0 Å². The Balaban J connectivity index is 2.76. The minimum absolute atomic E-state index is 0.333. The number of aryl methyl sites for hydroxylation is 1. The van der Waals surface area contributed by atoms with Crippen LogP contribution in [0.25, 0.3) is 0 Å². The lowest BCUT2D eigenvalue weighted by Gasteiger charge is -2.13. The van der Waals surface area contributed by atoms with Crippen molar-refractivity contribution in [2.75, 3.05) is 0 Å². The van der Waals surface area contributed by atoms with Crippen LogP contribution in [0.5, 0.6) is 0 Å². The van der Waals surface area contributed by atoms with Gasteiger partial charge in [0.1, 0.15) is 6.20 Å². The summed E-state index contributed by atoms with van der Waals surface area (Å²) in [6, 6.07) is 2.15. The molecule has 102 valence electrons. The number of nitro groups is 1. The molecule has 0 spiro atoms. The molecular formula is C11H14N4O4. The maximum atomic E-state index is 10.8. The first-order valence-electron chi connectivity index (χ1n) is 5.63. The van der Waals surface area contributed by atoms with Crippen LogP contribution in [0.3, 0.4) is 0 Å². The van der Waals surface area contributed by atoms with Gasteiger partial charge in [-0.3, -0.25) is 14.8 Å². The number of carboxylic acid groups (broad SMARTS) is 1. The Morgan fingerprint density at radius 2 is 2.32 bits per heavy atom. The molecule has 0 aromatic carbocycles. The highest BCUT2D eigenvalue weighted by Crippen LogP contribution is 2.22. The molecule has 1 heterocycles. The molecule has 0 saturated carbocycles. The normalized spacial score (nSPS) is 11.0. The van der Waals surface area contributed by atoms with E-state index in [2.05, 4.69) is 11.2 Å². The SMILES string of the molecule is CC(C)(C#N)CCCn1cc([N+](=O)[O-])c(C(=O)O)n1. The molecule has 1 aromatic heterocycles. The summed E-state index contributed by atoms with van der Waals surface area (Å²) in [4.78, 5) is 20.7. The lowest BCUT2D eigenvalue weighted by atomic mass is 9.90. The Labute approximate surface area is 109 Å². The third-order valence-electron chi connectivity index (χ3n) is 2.63. The molecule has 0 radical (unpaired) electrons. The second-order valence-electron chi connectivity index (χ2n) is 4.79. The van der Waals surface area contributed by atoms with E-state index in [1.165, 1.54) is 4.68 Å². The summed E-state index contributed by atoms with van der Waals surface area (Å²) in [5.74, 6) is -1.43. The predicted octanol–water partition coefficient (Wildman–Crippen LogP) is 1.82. The van der Waals surface area contributed by atoms with Crippen molar-refractivity contribution in [3.05, 3.63) is 22.0 Å². The Morgan fingerprint density at radius 3 is 2.74 bits per heavy atom. The zero-order chi connectivity index (χ0) is 14.6. The van der Waals surface area contributed by atoms with Gasteiger partial charge >= 0.3 is 11.7 Å². The summed E-state index contributed by atoms with van der Waals surface area (Å²) in [5.41, 5.74) is -1.56. The summed E-state index contributed by atoms with van der Waals surface area (Å²) >= 11 is 0. The molecule has 0 fully saturated rings. The Bertz CT molecular complexity index is 510. The van der Waals surface area contributed by atoms with Crippen LogP contribution in [0.2, 0.25) is 0 Å². The maximum absolute atomic E-state index is 10.8. The topological polar surface area (TPSA) is 122 Å². The summed E-state index contributed by atoms with van der Waals surface area (Å²) in [6.07, 6.45) is 2.28. The third-order valence-corrected chi connectivity index (χ3v) is 2.63. The van der Waals surface area contributed by atoms with E-state index in [0.29, 0.717) is 19.4 Å². The van der Waals surface area contributed by atoms with Crippen molar-refractivity contribution in [1.82, 2.24) is 9.78 Å². The van der Waals surface area contributed by atoms with Crippen LogP contribution in [0.1, 0.15) is 37.2 Å². The molecule has 0 aliphatic rings. The van der Waals surface area contributed by atoms with Crippen LogP contribution in [0.15, 0.2) is 6.20 Å². The van der Waals surface area contributed by atoms with E-state index >= 15 is 0 Å². The van der Waals surface area contributed by atoms with E-state index < -0.39 is 27.7 Å². The van der Waals surface area contributed by atoms with Gasteiger partial charge in [-0.2, -0.15) is 10.4 Å². The van der Waals surface area contributed by atoms with Gasteiger partial charge in [0.25, 0.3) is 0 Å². The van der Waals surface area contributed by atoms with Gasteiger partial charge in [-0.25, -0.2) is 4.79 Å². The van der Waals surface area contributed by atoms with Crippen LogP contribution >= 0.6 is 0 Å². The predicted molar refractivity (Wildman–Crippen MR) is 64.5 cm³/mol. The molecule has 8 heteroatoms. The number of hydrogen-bond donors (Lipinski definition) is 1. The third kappa shape index (κ3) is 3.77. The largest absolute Gasteiger partial charge is 0.476 e. The first-order valence-corrected chi connectivity index (χ1v) is 5.63. The van der Waals surface area contributed by atoms with Crippen LogP contribution in [-0.2, 0) is 6.54 Å². The van der Waals surface area contributed by atoms with E-state index in [0.717, 1.165) is 6.20 Å². The van der Waals surface area contributed by atoms with Crippen LogP contribution < -0.4 is 0 Å². The zero-order valence-corrected chi connectivity index (χ0v) is 10.7. The molecule has 0 amide bonds. The highest BCUT2D eigenvalue weighted by Gasteiger charge is 2.25. The van der Waals surface area contributed by atoms with Gasteiger partial charge in [0.2, 0.25) is 5.69 Å². The average Bonchev–Trinajstić information content (AvgIpc) is 2.73. The number of aromatic carboxylic acids is 1. The fourth-order valence-electron chi connectivity index (χ4n) is 1.55. The van der Waals surface area contributed by atoms with Gasteiger partial charge in [-0.1, -0.05) is 0 Å². The number of nitrogens with zero attached hydrogens (tertiary/aromatic N) is 4. The molecule has 0 aliphatic heterocycles. The second-order valence-corrected chi connectivity index (χ2v) is 4.79. The molecule has 1 aromatic rings. The summed E-state index contributed by atoms with van der Waals surface area (Å²) in [7, 11) is 0. The number of hydrogen-bond acceptors (Lipinski definition) is 5. The lowest BCUT2D eigenvalue weighted by Crippen LogP contribution is -2.10. The van der Waals surface area contributed by atoms with Crippen molar-refractivity contribution < 1.29 is 14.8 Å². The van der Waals surface area contributed by atoms with E-state index in [9.17, 15) is 14.9 Å². The second kappa shape index (κ2) is 5.48. The smallest absolute Gasteiger partial charge is 0.363 e. The van der Waals surface area contributed by atoms with Gasteiger partial charge in [-0.15, -0.1) is 0 Å². The molecule has 0 saturated heterocycles. The highest BCUT2D eigenvalue weighted by atomic mass is 16.6. The fourth-order valence-corrected chi connectivity index (χ4v) is 1.55. The van der Waals surface area contributed by atoms with Crippen molar-refractivity contribution in [3.63, 3.8) is 0 Å². The fraction of sp³-hybridized carbons (Fsp3) is 0.545. The van der Waals surface area contributed by atoms with E-state index in [-0.39, 0.29) is 0 Å². The minimum Gasteiger partial charge on any atom is -0.476 e. The quantitative estimate of drug-likeness (QED) is 0.618. The number of rotatable bonds is 6. The van der Waals surface area contributed by atoms with Gasteiger partial charge in [0, 0.05) is 6.54 Å². The highest BCUT2D eigenvalue weighted by molar-refractivity contribution is 5.89. The maximum Gasteiger partial charge on any atom is 0.363 e. The summed E-state index contributed by atoms with van der Waals surface area (Å²) in [6.45, 7) is 3.92. The number of nitriles is 1. The molecule has 0 atom stereocenters. The molecule has 0 bridgehead atoms. The molecule has 1 N–H and O–H groups in total. The first-order chi connectivity index (χ1) is 8.76. The van der Waals surface area contributed by atoms with Crippen LogP contribution in [0, 0.1) is 26.9 Å². The van der Waals surface area contributed by atoms with Crippen molar-refractivity contribution in [2.24, 2.45) is 5.41 Å². The number of carboxylic acids is 1. The van der Waals surface area contributed by atoms with E-state index in [4.69, 9.17) is 10.4 Å². The van der Waals surface area contributed by atoms with Crippen LogP contribution in [0.4, 0.5) is 5.69 Å². The monoisotopic (exact) mass is 266 g/mol. The Kier molecular flexibility index (Phi) is 4.22. The average molecular weight is 266 g/mol. The molecule has 8 nitrogen and oxygen atoms in total. The molecular weight excluding hydrogens is 252 g/mol. The van der Waals surface area contributed by atoms with Crippen molar-refractivity contribution >= 4 is 11.7 Å². The Morgan fingerprint density at radius 1 is 1.68 bits per heavy atom. The van der Waals surface area contributed by atoms with Gasteiger partial charge in [-0.05, 0) is 26.7 Å². The minimum atomic E-state index is -1.43. The molecule has 0 unspecified atom stereocenters. The van der Waals surface area contributed by atoms with Crippen LogP contribution in [-0.4, -0.2) is 25.8 Å². The summed E-state index contributed by atoms with van der Waals surface area (Å²) in [5, 5.41) is 32.0. The number of carbonyl (C=O) groups is 1. The van der Waals surface area contributed by atoms with Crippen molar-refractivity contribution in [2.45, 2.75) is 33.2 Å². The van der Waals surface area contributed by atoms with Crippen molar-refractivity contribution in [1.29, 1.82) is 5.26 Å². The number of aromatic nitrogens is 2. The molecule has 0 aliphatic carbocycles. The van der Waals surface area contributed by atoms with E-state index in [1.54, 1.807) is 13.8 Å². The molecule has 19 heavy (non-hydrogen) atoms. The first kappa shape index (κ1) is 14.6. The standard InChI is InChI=1S/C11H14N4O4/c1-11(2,7-12)4-3-5-14-6-8(15(18)19)9(13-14)10(16)17/h6H,3-5H2,1-2H3,(H,16,17). The van der Waals surface area contributed by atoms with Gasteiger partial charge in [0.15, 0.2) is 0 Å². The summed E-state index contributed by atoms with van der Waals surface area (Å²) < 4.78 is 1.23. The lowest BCUT2D eigenvalue weighted by molar-refractivity contribution is -0.385.